The Bertz CT molecular complexity index is 482. The minimum Gasteiger partial charge on any atom is -0.394 e. The molecule has 132 valence electrons. The first-order valence-corrected chi connectivity index (χ1v) is 8.00. The van der Waals surface area contributed by atoms with Gasteiger partial charge in [0.2, 0.25) is 0 Å². The predicted octanol–water partition coefficient (Wildman–Crippen LogP) is 1.99. The molecule has 23 heavy (non-hydrogen) atoms. The highest BCUT2D eigenvalue weighted by atomic mass is 35.5. The molecule has 0 amide bonds. The Hall–Kier alpha value is -0.110. The summed E-state index contributed by atoms with van der Waals surface area (Å²) in [6.45, 7) is 2.09. The number of nitrogens with one attached hydrogen (secondary N) is 1. The lowest BCUT2D eigenvalue weighted by Gasteiger charge is -2.33. The summed E-state index contributed by atoms with van der Waals surface area (Å²) in [6.07, 6.45) is -0.185. The number of aliphatic hydroxyl groups is 2. The van der Waals surface area contributed by atoms with E-state index in [1.807, 2.05) is 6.07 Å². The zero-order valence-electron chi connectivity index (χ0n) is 12.6. The van der Waals surface area contributed by atoms with Gasteiger partial charge >= 0.3 is 0 Å². The van der Waals surface area contributed by atoms with E-state index in [1.165, 1.54) is 0 Å². The Morgan fingerprint density at radius 3 is 2.78 bits per heavy atom. The van der Waals surface area contributed by atoms with Crippen LogP contribution in [0.4, 0.5) is 0 Å². The van der Waals surface area contributed by atoms with Crippen LogP contribution in [0.3, 0.4) is 0 Å². The fourth-order valence-corrected chi connectivity index (χ4v) is 2.72. The number of hydrogen-bond donors (Lipinski definition) is 3. The number of ether oxygens (including phenoxy) is 2. The highest BCUT2D eigenvalue weighted by Crippen LogP contribution is 2.34. The SMILES string of the molecule is Cl.OCC(O)COC[C@@]1(c2ccc(Cl)c(Cl)c2)CCNCCO1. The zero-order valence-corrected chi connectivity index (χ0v) is 15.0. The minimum atomic E-state index is -0.894. The molecule has 1 saturated heterocycles. The molecule has 8 heteroatoms. The number of hydrogen-bond acceptors (Lipinski definition) is 5. The molecule has 0 spiro atoms. The van der Waals surface area contributed by atoms with Crippen molar-refractivity contribution in [1.29, 1.82) is 0 Å². The van der Waals surface area contributed by atoms with Crippen LogP contribution in [-0.2, 0) is 15.1 Å². The van der Waals surface area contributed by atoms with Crippen LogP contribution in [0.5, 0.6) is 0 Å². The van der Waals surface area contributed by atoms with E-state index < -0.39 is 11.7 Å². The van der Waals surface area contributed by atoms with E-state index in [1.54, 1.807) is 12.1 Å². The first-order valence-electron chi connectivity index (χ1n) is 7.24. The number of benzene rings is 1. The largest absolute Gasteiger partial charge is 0.394 e. The van der Waals surface area contributed by atoms with Crippen LogP contribution in [0, 0.1) is 0 Å². The topological polar surface area (TPSA) is 71.0 Å². The first-order chi connectivity index (χ1) is 10.6. The van der Waals surface area contributed by atoms with Gasteiger partial charge in [-0.2, -0.15) is 0 Å². The third-order valence-electron chi connectivity index (χ3n) is 3.66. The van der Waals surface area contributed by atoms with E-state index in [4.69, 9.17) is 37.8 Å². The van der Waals surface area contributed by atoms with Crippen LogP contribution in [0.15, 0.2) is 18.2 Å². The maximum atomic E-state index is 9.41. The number of halogens is 3. The van der Waals surface area contributed by atoms with Gasteiger partial charge in [0.05, 0.1) is 36.5 Å². The summed E-state index contributed by atoms with van der Waals surface area (Å²) in [5.74, 6) is 0. The number of aliphatic hydroxyl groups excluding tert-OH is 2. The van der Waals surface area contributed by atoms with Crippen molar-refractivity contribution in [2.24, 2.45) is 0 Å². The molecule has 0 saturated carbocycles. The molecule has 1 aromatic carbocycles. The zero-order chi connectivity index (χ0) is 16.0. The second-order valence-corrected chi connectivity index (χ2v) is 6.14. The fourth-order valence-electron chi connectivity index (χ4n) is 2.42. The lowest BCUT2D eigenvalue weighted by molar-refractivity contribution is -0.112. The van der Waals surface area contributed by atoms with Gasteiger partial charge in [0.25, 0.3) is 0 Å². The van der Waals surface area contributed by atoms with Gasteiger partial charge in [-0.3, -0.25) is 0 Å². The molecule has 1 aliphatic rings. The molecule has 0 bridgehead atoms. The highest BCUT2D eigenvalue weighted by Gasteiger charge is 2.35. The molecule has 1 fully saturated rings. The van der Waals surface area contributed by atoms with Crippen molar-refractivity contribution in [1.82, 2.24) is 5.32 Å². The molecular formula is C15H22Cl3NO4. The molecule has 2 rings (SSSR count). The summed E-state index contributed by atoms with van der Waals surface area (Å²) in [5.41, 5.74) is 0.247. The molecule has 3 N–H and O–H groups in total. The monoisotopic (exact) mass is 385 g/mol. The predicted molar refractivity (Wildman–Crippen MR) is 92.7 cm³/mol. The van der Waals surface area contributed by atoms with Crippen molar-refractivity contribution in [2.45, 2.75) is 18.1 Å². The van der Waals surface area contributed by atoms with Crippen LogP contribution in [0.25, 0.3) is 0 Å². The van der Waals surface area contributed by atoms with Gasteiger partial charge in [0, 0.05) is 6.54 Å². The van der Waals surface area contributed by atoms with E-state index in [0.29, 0.717) is 23.1 Å². The van der Waals surface area contributed by atoms with Gasteiger partial charge in [-0.1, -0.05) is 29.3 Å². The van der Waals surface area contributed by atoms with Gasteiger partial charge in [-0.25, -0.2) is 0 Å². The molecule has 1 aromatic rings. The van der Waals surface area contributed by atoms with Crippen molar-refractivity contribution in [3.63, 3.8) is 0 Å². The molecule has 0 radical (unpaired) electrons. The van der Waals surface area contributed by atoms with Crippen molar-refractivity contribution in [3.05, 3.63) is 33.8 Å². The Balaban J connectivity index is 0.00000264. The third-order valence-corrected chi connectivity index (χ3v) is 4.40. The Kier molecular flexibility index (Phi) is 9.11. The summed E-state index contributed by atoms with van der Waals surface area (Å²) in [5, 5.41) is 22.5. The van der Waals surface area contributed by atoms with Gasteiger partial charge in [0.1, 0.15) is 11.7 Å². The lowest BCUT2D eigenvalue weighted by Crippen LogP contribution is -2.37. The van der Waals surface area contributed by atoms with E-state index in [9.17, 15) is 5.11 Å². The second kappa shape index (κ2) is 10.0. The summed E-state index contributed by atoms with van der Waals surface area (Å²) in [4.78, 5) is 0. The van der Waals surface area contributed by atoms with Crippen LogP contribution in [0.2, 0.25) is 10.0 Å². The maximum absolute atomic E-state index is 9.41. The summed E-state index contributed by atoms with van der Waals surface area (Å²) < 4.78 is 11.6. The Labute approximate surface area is 152 Å². The average Bonchev–Trinajstić information content (AvgIpc) is 2.76. The molecule has 0 aliphatic carbocycles. The van der Waals surface area contributed by atoms with Crippen molar-refractivity contribution in [3.8, 4) is 0 Å². The van der Waals surface area contributed by atoms with Crippen molar-refractivity contribution < 1.29 is 19.7 Å². The van der Waals surface area contributed by atoms with E-state index in [-0.39, 0.29) is 32.2 Å². The lowest BCUT2D eigenvalue weighted by atomic mass is 9.91. The fraction of sp³-hybridized carbons (Fsp3) is 0.600. The molecular weight excluding hydrogens is 365 g/mol. The molecule has 2 atom stereocenters. The minimum absolute atomic E-state index is 0. The van der Waals surface area contributed by atoms with E-state index in [2.05, 4.69) is 5.32 Å². The molecule has 0 aromatic heterocycles. The molecule has 1 unspecified atom stereocenters. The van der Waals surface area contributed by atoms with Crippen molar-refractivity contribution in [2.75, 3.05) is 39.5 Å². The van der Waals surface area contributed by atoms with Gasteiger partial charge in [-0.15, -0.1) is 12.4 Å². The highest BCUT2D eigenvalue weighted by molar-refractivity contribution is 6.42. The quantitative estimate of drug-likeness (QED) is 0.697. The molecule has 1 aliphatic heterocycles. The standard InChI is InChI=1S/C15H21Cl2NO4.ClH/c16-13-2-1-11(7-14(13)17)15(3-4-18-5-6-22-15)10-21-9-12(20)8-19;/h1-2,7,12,18-20H,3-6,8-10H2;1H/t12?,15-;/m1./s1. The summed E-state index contributed by atoms with van der Waals surface area (Å²) in [7, 11) is 0. The second-order valence-electron chi connectivity index (χ2n) is 5.32. The summed E-state index contributed by atoms with van der Waals surface area (Å²) >= 11 is 12.1. The van der Waals surface area contributed by atoms with Crippen LogP contribution >= 0.6 is 35.6 Å². The smallest absolute Gasteiger partial charge is 0.118 e. The average molecular weight is 387 g/mol. The number of rotatable bonds is 6. The Morgan fingerprint density at radius 1 is 1.30 bits per heavy atom. The van der Waals surface area contributed by atoms with Crippen LogP contribution in [-0.4, -0.2) is 55.8 Å². The maximum Gasteiger partial charge on any atom is 0.118 e. The molecule has 5 nitrogen and oxygen atoms in total. The van der Waals surface area contributed by atoms with Crippen molar-refractivity contribution >= 4 is 35.6 Å². The van der Waals surface area contributed by atoms with Crippen LogP contribution in [0.1, 0.15) is 12.0 Å². The molecule has 1 heterocycles. The van der Waals surface area contributed by atoms with Gasteiger partial charge < -0.3 is 25.0 Å². The van der Waals surface area contributed by atoms with Crippen LogP contribution < -0.4 is 5.32 Å². The summed E-state index contributed by atoms with van der Waals surface area (Å²) in [6, 6.07) is 5.41. The van der Waals surface area contributed by atoms with E-state index in [0.717, 1.165) is 18.7 Å². The van der Waals surface area contributed by atoms with E-state index >= 15 is 0 Å². The normalized spacial score (nSPS) is 23.0. The first kappa shape index (κ1) is 20.9. The van der Waals surface area contributed by atoms with Gasteiger partial charge in [0.15, 0.2) is 0 Å². The third kappa shape index (κ3) is 5.73. The van der Waals surface area contributed by atoms with Gasteiger partial charge in [-0.05, 0) is 30.7 Å². The Morgan fingerprint density at radius 2 is 2.09 bits per heavy atom.